The number of carbonyl (C=O) groups is 1. The first-order chi connectivity index (χ1) is 11.4. The minimum absolute atomic E-state index is 0.0187. The van der Waals surface area contributed by atoms with Gasteiger partial charge in [-0.25, -0.2) is 9.78 Å². The van der Waals surface area contributed by atoms with E-state index in [0.29, 0.717) is 18.3 Å². The van der Waals surface area contributed by atoms with Crippen molar-refractivity contribution in [3.63, 3.8) is 0 Å². The molecule has 1 saturated heterocycles. The Kier molecular flexibility index (Phi) is 4.76. The summed E-state index contributed by atoms with van der Waals surface area (Å²) in [5, 5.41) is 5.51. The number of rotatable bonds is 3. The van der Waals surface area contributed by atoms with Crippen LogP contribution in [0.2, 0.25) is 0 Å². The second-order valence-electron chi connectivity index (χ2n) is 7.03. The van der Waals surface area contributed by atoms with Gasteiger partial charge in [-0.05, 0) is 23.1 Å². The molecule has 6 heteroatoms. The van der Waals surface area contributed by atoms with Gasteiger partial charge >= 0.3 is 6.03 Å². The Morgan fingerprint density at radius 2 is 2.08 bits per heavy atom. The minimum atomic E-state index is -0.0799. The number of nitrogens with one attached hydrogen (secondary N) is 1. The van der Waals surface area contributed by atoms with E-state index in [9.17, 15) is 4.79 Å². The van der Waals surface area contributed by atoms with Gasteiger partial charge in [-0.1, -0.05) is 44.2 Å². The lowest BCUT2D eigenvalue weighted by molar-refractivity contribution is 0.194. The van der Waals surface area contributed by atoms with Crippen LogP contribution in [0.4, 0.5) is 10.5 Å². The Morgan fingerprint density at radius 3 is 2.71 bits per heavy atom. The van der Waals surface area contributed by atoms with Crippen LogP contribution in [0.3, 0.4) is 0 Å². The third-order valence-corrected chi connectivity index (χ3v) is 4.77. The topological polar surface area (TPSA) is 54.5 Å². The molecule has 1 aromatic heterocycles. The third-order valence-electron chi connectivity index (χ3n) is 4.11. The van der Waals surface area contributed by atoms with Gasteiger partial charge in [0.2, 0.25) is 0 Å². The molecule has 3 rings (SSSR count). The quantitative estimate of drug-likeness (QED) is 0.910. The first-order valence-electron chi connectivity index (χ1n) is 8.14. The summed E-state index contributed by atoms with van der Waals surface area (Å²) in [7, 11) is 0. The van der Waals surface area contributed by atoms with Crippen LogP contribution < -0.4 is 10.1 Å². The normalized spacial score (nSPS) is 17.8. The van der Waals surface area contributed by atoms with E-state index in [1.54, 1.807) is 11.1 Å². The molecule has 5 nitrogen and oxygen atoms in total. The molecule has 0 bridgehead atoms. The van der Waals surface area contributed by atoms with Crippen LogP contribution in [0.25, 0.3) is 0 Å². The van der Waals surface area contributed by atoms with Gasteiger partial charge in [-0.3, -0.25) is 0 Å². The van der Waals surface area contributed by atoms with Crippen molar-refractivity contribution in [2.24, 2.45) is 0 Å². The Hall–Kier alpha value is -2.08. The molecule has 1 N–H and O–H groups in total. The summed E-state index contributed by atoms with van der Waals surface area (Å²) in [6.45, 7) is 7.81. The average molecular weight is 345 g/mol. The minimum Gasteiger partial charge on any atom is -0.465 e. The number of likely N-dealkylation sites (tertiary alicyclic amines) is 1. The highest BCUT2D eigenvalue weighted by atomic mass is 32.1. The molecule has 0 radical (unpaired) electrons. The van der Waals surface area contributed by atoms with Gasteiger partial charge in [0.15, 0.2) is 0 Å². The third kappa shape index (κ3) is 4.06. The van der Waals surface area contributed by atoms with E-state index in [-0.39, 0.29) is 17.6 Å². The molecule has 1 aliphatic rings. The smallest absolute Gasteiger partial charge is 0.321 e. The van der Waals surface area contributed by atoms with Crippen molar-refractivity contribution < 1.29 is 9.53 Å². The van der Waals surface area contributed by atoms with Gasteiger partial charge in [-0.15, -0.1) is 0 Å². The zero-order valence-electron chi connectivity index (χ0n) is 14.3. The fourth-order valence-electron chi connectivity index (χ4n) is 2.68. The van der Waals surface area contributed by atoms with Crippen LogP contribution in [0.5, 0.6) is 5.19 Å². The van der Waals surface area contributed by atoms with Gasteiger partial charge in [0.25, 0.3) is 5.19 Å². The summed E-state index contributed by atoms with van der Waals surface area (Å²) in [6, 6.07) is 7.96. The number of aromatic nitrogens is 1. The molecule has 1 unspecified atom stereocenters. The van der Waals surface area contributed by atoms with Crippen LogP contribution >= 0.6 is 11.3 Å². The van der Waals surface area contributed by atoms with Crippen molar-refractivity contribution >= 4 is 23.1 Å². The highest BCUT2D eigenvalue weighted by Gasteiger charge is 2.28. The van der Waals surface area contributed by atoms with E-state index >= 15 is 0 Å². The Labute approximate surface area is 146 Å². The molecule has 0 aliphatic carbocycles. The van der Waals surface area contributed by atoms with Crippen LogP contribution in [0, 0.1) is 0 Å². The maximum absolute atomic E-state index is 12.4. The highest BCUT2D eigenvalue weighted by Crippen LogP contribution is 2.24. The second-order valence-corrected chi connectivity index (χ2v) is 7.89. The number of ether oxygens (including phenoxy) is 1. The van der Waals surface area contributed by atoms with E-state index < -0.39 is 0 Å². The molecule has 2 aromatic rings. The number of nitrogens with zero attached hydrogens (tertiary/aromatic N) is 2. The first kappa shape index (κ1) is 16.8. The van der Waals surface area contributed by atoms with Crippen molar-refractivity contribution in [1.82, 2.24) is 9.88 Å². The monoisotopic (exact) mass is 345 g/mol. The molecule has 1 atom stereocenters. The van der Waals surface area contributed by atoms with Gasteiger partial charge in [0.05, 0.1) is 6.54 Å². The van der Waals surface area contributed by atoms with E-state index in [4.69, 9.17) is 4.74 Å². The predicted molar refractivity (Wildman–Crippen MR) is 96.9 cm³/mol. The SMILES string of the molecule is CC(C)(C)c1ccc(NC(=O)N2CCC(Oc3nccs3)C2)cc1. The predicted octanol–water partition coefficient (Wildman–Crippen LogP) is 4.13. The molecular weight excluding hydrogens is 322 g/mol. The highest BCUT2D eigenvalue weighted by molar-refractivity contribution is 7.11. The lowest BCUT2D eigenvalue weighted by Crippen LogP contribution is -2.34. The number of urea groups is 1. The van der Waals surface area contributed by atoms with Crippen molar-refractivity contribution in [3.05, 3.63) is 41.4 Å². The van der Waals surface area contributed by atoms with E-state index in [1.165, 1.54) is 16.9 Å². The van der Waals surface area contributed by atoms with Crippen LogP contribution in [-0.2, 0) is 5.41 Å². The molecule has 2 heterocycles. The molecule has 0 spiro atoms. The van der Waals surface area contributed by atoms with E-state index in [0.717, 1.165) is 12.1 Å². The largest absolute Gasteiger partial charge is 0.465 e. The number of hydrogen-bond donors (Lipinski definition) is 1. The average Bonchev–Trinajstić information content (AvgIpc) is 3.19. The summed E-state index contributed by atoms with van der Waals surface area (Å²) in [5.74, 6) is 0. The standard InChI is InChI=1S/C18H23N3O2S/c1-18(2,3)13-4-6-14(7-5-13)20-16(22)21-10-8-15(12-21)23-17-19-9-11-24-17/h4-7,9,11,15H,8,10,12H2,1-3H3,(H,20,22). The number of thiazole rings is 1. The van der Waals surface area contributed by atoms with Crippen molar-refractivity contribution in [1.29, 1.82) is 0 Å². The zero-order valence-corrected chi connectivity index (χ0v) is 15.1. The summed E-state index contributed by atoms with van der Waals surface area (Å²) in [4.78, 5) is 18.3. The molecule has 2 amide bonds. The van der Waals surface area contributed by atoms with Crippen LogP contribution in [0.1, 0.15) is 32.8 Å². The van der Waals surface area contributed by atoms with Crippen LogP contribution in [0.15, 0.2) is 35.8 Å². The number of hydrogen-bond acceptors (Lipinski definition) is 4. The zero-order chi connectivity index (χ0) is 17.2. The molecule has 128 valence electrons. The number of anilines is 1. The summed E-state index contributed by atoms with van der Waals surface area (Å²) in [6.07, 6.45) is 2.57. The maximum Gasteiger partial charge on any atom is 0.321 e. The molecular formula is C18H23N3O2S. The van der Waals surface area contributed by atoms with Gasteiger partial charge in [-0.2, -0.15) is 0 Å². The lowest BCUT2D eigenvalue weighted by Gasteiger charge is -2.20. The summed E-state index contributed by atoms with van der Waals surface area (Å²) < 4.78 is 5.78. The van der Waals surface area contributed by atoms with E-state index in [2.05, 4.69) is 43.2 Å². The molecule has 1 fully saturated rings. The molecule has 24 heavy (non-hydrogen) atoms. The molecule has 0 saturated carbocycles. The summed E-state index contributed by atoms with van der Waals surface area (Å²) in [5.41, 5.74) is 2.17. The fraction of sp³-hybridized carbons (Fsp3) is 0.444. The molecule has 1 aliphatic heterocycles. The lowest BCUT2D eigenvalue weighted by atomic mass is 9.87. The fourth-order valence-corrected chi connectivity index (χ4v) is 3.23. The first-order valence-corrected chi connectivity index (χ1v) is 9.02. The van der Waals surface area contributed by atoms with E-state index in [1.807, 2.05) is 17.5 Å². The Balaban J connectivity index is 1.54. The van der Waals surface area contributed by atoms with Crippen molar-refractivity contribution in [3.8, 4) is 5.19 Å². The Morgan fingerprint density at radius 1 is 1.33 bits per heavy atom. The van der Waals surface area contributed by atoms with Crippen LogP contribution in [-0.4, -0.2) is 35.1 Å². The number of carbonyl (C=O) groups excluding carboxylic acids is 1. The second kappa shape index (κ2) is 6.81. The number of amides is 2. The van der Waals surface area contributed by atoms with Gasteiger partial charge in [0, 0.05) is 30.2 Å². The van der Waals surface area contributed by atoms with Gasteiger partial charge in [0.1, 0.15) is 6.10 Å². The summed E-state index contributed by atoms with van der Waals surface area (Å²) >= 11 is 1.47. The molecule has 1 aromatic carbocycles. The van der Waals surface area contributed by atoms with Crippen molar-refractivity contribution in [2.45, 2.75) is 38.7 Å². The number of benzene rings is 1. The Bertz CT molecular complexity index is 677. The maximum atomic E-state index is 12.4. The van der Waals surface area contributed by atoms with Crippen molar-refractivity contribution in [2.75, 3.05) is 18.4 Å². The van der Waals surface area contributed by atoms with Gasteiger partial charge < -0.3 is 15.0 Å².